The number of hydrogen-bond donors (Lipinski definition) is 0. The number of fused-ring (bicyclic) bond motifs is 3. The van der Waals surface area contributed by atoms with Crippen LogP contribution in [0.1, 0.15) is 19.3 Å². The van der Waals surface area contributed by atoms with E-state index in [9.17, 15) is 0 Å². The summed E-state index contributed by atoms with van der Waals surface area (Å²) in [6.45, 7) is 1.11. The van der Waals surface area contributed by atoms with Crippen molar-refractivity contribution in [2.75, 3.05) is 5.33 Å². The molecule has 0 fully saturated rings. The molecule has 98 valence electrons. The highest BCUT2D eigenvalue weighted by molar-refractivity contribution is 9.09. The third-order valence-corrected chi connectivity index (χ3v) is 4.26. The fraction of sp³-hybridized carbons (Fsp3) is 0.294. The predicted octanol–water partition coefficient (Wildman–Crippen LogP) is 5.36. The largest absolute Gasteiger partial charge is 0.340 e. The zero-order chi connectivity index (χ0) is 13.1. The van der Waals surface area contributed by atoms with Crippen LogP contribution in [0.2, 0.25) is 0 Å². The molecule has 1 nitrogen and oxygen atoms in total. The first-order valence-electron chi connectivity index (χ1n) is 6.94. The maximum Gasteiger partial charge on any atom is 0.0491 e. The zero-order valence-corrected chi connectivity index (χ0v) is 12.6. The normalized spacial score (nSPS) is 11.4. The van der Waals surface area contributed by atoms with Gasteiger partial charge in [-0.3, -0.25) is 0 Å². The molecule has 0 aliphatic rings. The Bertz CT molecular complexity index is 631. The molecule has 1 heterocycles. The molecular weight excluding hydrogens is 298 g/mol. The first-order chi connectivity index (χ1) is 9.42. The van der Waals surface area contributed by atoms with Gasteiger partial charge in [0, 0.05) is 33.7 Å². The number of benzene rings is 2. The molecule has 2 aromatic carbocycles. The van der Waals surface area contributed by atoms with Crippen LogP contribution in [-0.4, -0.2) is 9.90 Å². The van der Waals surface area contributed by atoms with E-state index in [2.05, 4.69) is 69.0 Å². The lowest BCUT2D eigenvalue weighted by atomic mass is 10.2. The molecular formula is C17H18BrN. The number of unbranched alkanes of at least 4 members (excludes halogenated alkanes) is 2. The number of alkyl halides is 1. The highest BCUT2D eigenvalue weighted by atomic mass is 79.9. The van der Waals surface area contributed by atoms with Crippen molar-refractivity contribution in [1.29, 1.82) is 0 Å². The van der Waals surface area contributed by atoms with Gasteiger partial charge in [-0.25, -0.2) is 0 Å². The van der Waals surface area contributed by atoms with Crippen LogP contribution in [0, 0.1) is 0 Å². The van der Waals surface area contributed by atoms with E-state index < -0.39 is 0 Å². The lowest BCUT2D eigenvalue weighted by molar-refractivity contribution is 0.631. The van der Waals surface area contributed by atoms with Crippen molar-refractivity contribution in [3.8, 4) is 0 Å². The monoisotopic (exact) mass is 315 g/mol. The lowest BCUT2D eigenvalue weighted by Crippen LogP contribution is -1.97. The minimum Gasteiger partial charge on any atom is -0.340 e. The van der Waals surface area contributed by atoms with Gasteiger partial charge in [-0.2, -0.15) is 0 Å². The minimum atomic E-state index is 1.11. The van der Waals surface area contributed by atoms with Crippen molar-refractivity contribution in [2.45, 2.75) is 25.8 Å². The van der Waals surface area contributed by atoms with Crippen LogP contribution in [0.5, 0.6) is 0 Å². The van der Waals surface area contributed by atoms with Crippen molar-refractivity contribution >= 4 is 37.7 Å². The second-order valence-corrected chi connectivity index (χ2v) is 5.73. The maximum absolute atomic E-state index is 3.50. The number of aryl methyl sites for hydroxylation is 1. The number of para-hydroxylation sites is 2. The average molecular weight is 316 g/mol. The Morgan fingerprint density at radius 3 is 1.89 bits per heavy atom. The predicted molar refractivity (Wildman–Crippen MR) is 87.1 cm³/mol. The van der Waals surface area contributed by atoms with E-state index in [4.69, 9.17) is 0 Å². The Morgan fingerprint density at radius 2 is 1.32 bits per heavy atom. The third kappa shape index (κ3) is 2.42. The number of aromatic nitrogens is 1. The van der Waals surface area contributed by atoms with E-state index in [1.807, 2.05) is 0 Å². The Kier molecular flexibility index (Phi) is 3.88. The van der Waals surface area contributed by atoms with Crippen LogP contribution in [0.25, 0.3) is 21.8 Å². The number of rotatable bonds is 5. The van der Waals surface area contributed by atoms with Gasteiger partial charge >= 0.3 is 0 Å². The van der Waals surface area contributed by atoms with Crippen LogP contribution in [0.4, 0.5) is 0 Å². The SMILES string of the molecule is BrCCCCCn1c2ccccc2c2ccccc21. The van der Waals surface area contributed by atoms with Crippen molar-refractivity contribution in [3.63, 3.8) is 0 Å². The highest BCUT2D eigenvalue weighted by Gasteiger charge is 2.08. The van der Waals surface area contributed by atoms with Gasteiger partial charge in [0.15, 0.2) is 0 Å². The molecule has 0 N–H and O–H groups in total. The van der Waals surface area contributed by atoms with E-state index >= 15 is 0 Å². The van der Waals surface area contributed by atoms with Crippen LogP contribution in [0.15, 0.2) is 48.5 Å². The molecule has 0 atom stereocenters. The van der Waals surface area contributed by atoms with Gasteiger partial charge in [-0.05, 0) is 25.0 Å². The fourth-order valence-corrected chi connectivity index (χ4v) is 3.18. The Hall–Kier alpha value is -1.28. The molecule has 0 unspecified atom stereocenters. The molecule has 3 aromatic rings. The number of halogens is 1. The third-order valence-electron chi connectivity index (χ3n) is 3.70. The Labute approximate surface area is 122 Å². The van der Waals surface area contributed by atoms with Crippen molar-refractivity contribution in [2.24, 2.45) is 0 Å². The maximum atomic E-state index is 3.50. The molecule has 0 saturated heterocycles. The minimum absolute atomic E-state index is 1.11. The summed E-state index contributed by atoms with van der Waals surface area (Å²) in [7, 11) is 0. The fourth-order valence-electron chi connectivity index (χ4n) is 2.79. The molecule has 0 aliphatic carbocycles. The van der Waals surface area contributed by atoms with Gasteiger partial charge in [0.05, 0.1) is 0 Å². The Morgan fingerprint density at radius 1 is 0.737 bits per heavy atom. The van der Waals surface area contributed by atoms with Crippen LogP contribution >= 0.6 is 15.9 Å². The first kappa shape index (κ1) is 12.7. The second-order valence-electron chi connectivity index (χ2n) is 4.94. The lowest BCUT2D eigenvalue weighted by Gasteiger charge is -2.06. The smallest absolute Gasteiger partial charge is 0.0491 e. The van der Waals surface area contributed by atoms with Gasteiger partial charge in [0.25, 0.3) is 0 Å². The van der Waals surface area contributed by atoms with Gasteiger partial charge in [0.1, 0.15) is 0 Å². The van der Waals surface area contributed by atoms with Gasteiger partial charge < -0.3 is 4.57 Å². The van der Waals surface area contributed by atoms with Crippen molar-refractivity contribution in [3.05, 3.63) is 48.5 Å². The van der Waals surface area contributed by atoms with Gasteiger partial charge in [-0.15, -0.1) is 0 Å². The van der Waals surface area contributed by atoms with E-state index in [0.29, 0.717) is 0 Å². The molecule has 2 heteroatoms. The summed E-state index contributed by atoms with van der Waals surface area (Å²) in [6, 6.07) is 17.5. The van der Waals surface area contributed by atoms with Crippen molar-refractivity contribution < 1.29 is 0 Å². The average Bonchev–Trinajstić information content (AvgIpc) is 2.78. The van der Waals surface area contributed by atoms with Crippen LogP contribution < -0.4 is 0 Å². The zero-order valence-electron chi connectivity index (χ0n) is 11.0. The number of nitrogens with zero attached hydrogens (tertiary/aromatic N) is 1. The molecule has 19 heavy (non-hydrogen) atoms. The standard InChI is InChI=1S/C17H18BrN/c18-12-6-1-7-13-19-16-10-4-2-8-14(16)15-9-3-5-11-17(15)19/h2-5,8-11H,1,6-7,12-13H2. The number of hydrogen-bond acceptors (Lipinski definition) is 0. The van der Waals surface area contributed by atoms with Crippen molar-refractivity contribution in [1.82, 2.24) is 4.57 Å². The van der Waals surface area contributed by atoms with Gasteiger partial charge in [-0.1, -0.05) is 58.7 Å². The summed E-state index contributed by atoms with van der Waals surface area (Å²) in [6.07, 6.45) is 3.79. The summed E-state index contributed by atoms with van der Waals surface area (Å²) in [4.78, 5) is 0. The van der Waals surface area contributed by atoms with E-state index in [0.717, 1.165) is 11.9 Å². The molecule has 0 amide bonds. The quantitative estimate of drug-likeness (QED) is 0.441. The van der Waals surface area contributed by atoms with Gasteiger partial charge in [0.2, 0.25) is 0 Å². The Balaban J connectivity index is 2.04. The van der Waals surface area contributed by atoms with E-state index in [1.54, 1.807) is 0 Å². The highest BCUT2D eigenvalue weighted by Crippen LogP contribution is 2.28. The van der Waals surface area contributed by atoms with Crippen LogP contribution in [-0.2, 0) is 6.54 Å². The van der Waals surface area contributed by atoms with E-state index in [1.165, 1.54) is 41.1 Å². The summed E-state index contributed by atoms with van der Waals surface area (Å²) in [5.74, 6) is 0. The summed E-state index contributed by atoms with van der Waals surface area (Å²) in [5.41, 5.74) is 2.73. The second kappa shape index (κ2) is 5.79. The molecule has 0 bridgehead atoms. The molecule has 1 aromatic heterocycles. The molecule has 3 rings (SSSR count). The van der Waals surface area contributed by atoms with E-state index in [-0.39, 0.29) is 0 Å². The summed E-state index contributed by atoms with van der Waals surface area (Å²) < 4.78 is 2.47. The summed E-state index contributed by atoms with van der Waals surface area (Å²) in [5, 5.41) is 3.86. The summed E-state index contributed by atoms with van der Waals surface area (Å²) >= 11 is 3.50. The molecule has 0 radical (unpaired) electrons. The molecule has 0 saturated carbocycles. The van der Waals surface area contributed by atoms with Crippen LogP contribution in [0.3, 0.4) is 0 Å². The molecule has 0 spiro atoms. The first-order valence-corrected chi connectivity index (χ1v) is 8.06. The molecule has 0 aliphatic heterocycles. The topological polar surface area (TPSA) is 4.93 Å².